The van der Waals surface area contributed by atoms with Crippen LogP contribution in [-0.2, 0) is 0 Å². The molecule has 1 N–H and O–H groups in total. The molecule has 1 aromatic rings. The van der Waals surface area contributed by atoms with E-state index in [0.717, 1.165) is 11.5 Å². The number of thiazole rings is 1. The summed E-state index contributed by atoms with van der Waals surface area (Å²) in [5.74, 6) is 1.69. The second-order valence-corrected chi connectivity index (χ2v) is 5.15. The molecule has 1 saturated heterocycles. The van der Waals surface area contributed by atoms with Crippen LogP contribution in [0.4, 0.5) is 0 Å². The largest absolute Gasteiger partial charge is 0.394 e. The average Bonchev–Trinajstić information content (AvgIpc) is 2.81. The van der Waals surface area contributed by atoms with E-state index in [1.165, 1.54) is 11.3 Å². The molecule has 0 bridgehead atoms. The lowest BCUT2D eigenvalue weighted by Crippen LogP contribution is -2.48. The zero-order valence-corrected chi connectivity index (χ0v) is 9.76. The van der Waals surface area contributed by atoms with Crippen LogP contribution >= 0.6 is 23.1 Å². The number of rotatable bonds is 2. The third-order valence-corrected chi connectivity index (χ3v) is 4.03. The van der Waals surface area contributed by atoms with Gasteiger partial charge in [-0.2, -0.15) is 11.8 Å². The molecule has 1 atom stereocenters. The molecule has 1 unspecified atom stereocenters. The highest BCUT2D eigenvalue weighted by Crippen LogP contribution is 2.18. The van der Waals surface area contributed by atoms with Crippen molar-refractivity contribution in [2.75, 3.05) is 24.7 Å². The predicted molar refractivity (Wildman–Crippen MR) is 61.3 cm³/mol. The minimum Gasteiger partial charge on any atom is -0.394 e. The number of hydrogen-bond acceptors (Lipinski definition) is 5. The van der Waals surface area contributed by atoms with E-state index < -0.39 is 0 Å². The maximum Gasteiger partial charge on any atom is 0.273 e. The van der Waals surface area contributed by atoms with Crippen molar-refractivity contribution in [2.45, 2.75) is 6.04 Å². The van der Waals surface area contributed by atoms with E-state index in [2.05, 4.69) is 4.98 Å². The topological polar surface area (TPSA) is 53.4 Å². The highest BCUT2D eigenvalue weighted by molar-refractivity contribution is 7.99. The van der Waals surface area contributed by atoms with Gasteiger partial charge in [-0.25, -0.2) is 4.98 Å². The van der Waals surface area contributed by atoms with Gasteiger partial charge in [0.15, 0.2) is 0 Å². The Morgan fingerprint density at radius 2 is 2.60 bits per heavy atom. The summed E-state index contributed by atoms with van der Waals surface area (Å²) in [4.78, 5) is 17.7. The number of aliphatic hydroxyl groups excluding tert-OH is 1. The Kier molecular flexibility index (Phi) is 3.61. The zero-order valence-electron chi connectivity index (χ0n) is 8.13. The molecule has 1 aromatic heterocycles. The van der Waals surface area contributed by atoms with Gasteiger partial charge >= 0.3 is 0 Å². The van der Waals surface area contributed by atoms with Gasteiger partial charge in [-0.1, -0.05) is 0 Å². The first-order valence-corrected chi connectivity index (χ1v) is 6.80. The monoisotopic (exact) mass is 244 g/mol. The van der Waals surface area contributed by atoms with Crippen LogP contribution in [0.25, 0.3) is 0 Å². The lowest BCUT2D eigenvalue weighted by molar-refractivity contribution is 0.0627. The predicted octanol–water partition coefficient (Wildman–Crippen LogP) is 0.693. The Balaban J connectivity index is 2.11. The summed E-state index contributed by atoms with van der Waals surface area (Å²) in [6.45, 7) is 0.731. The van der Waals surface area contributed by atoms with Gasteiger partial charge in [-0.15, -0.1) is 11.3 Å². The Labute approximate surface area is 96.3 Å². The second-order valence-electron chi connectivity index (χ2n) is 3.28. The molecule has 0 radical (unpaired) electrons. The van der Waals surface area contributed by atoms with Gasteiger partial charge in [0.05, 0.1) is 18.2 Å². The van der Waals surface area contributed by atoms with Crippen molar-refractivity contribution in [3.05, 3.63) is 16.6 Å². The van der Waals surface area contributed by atoms with Crippen molar-refractivity contribution in [3.63, 3.8) is 0 Å². The number of amides is 1. The summed E-state index contributed by atoms with van der Waals surface area (Å²) in [5.41, 5.74) is 2.14. The van der Waals surface area contributed by atoms with Crippen molar-refractivity contribution in [3.8, 4) is 0 Å². The number of nitrogens with zero attached hydrogens (tertiary/aromatic N) is 2. The summed E-state index contributed by atoms with van der Waals surface area (Å²) in [5, 5.41) is 10.9. The molecule has 0 aromatic carbocycles. The van der Waals surface area contributed by atoms with E-state index in [0.29, 0.717) is 12.2 Å². The van der Waals surface area contributed by atoms with Crippen molar-refractivity contribution >= 4 is 29.0 Å². The summed E-state index contributed by atoms with van der Waals surface area (Å²) in [7, 11) is 0. The third kappa shape index (κ3) is 2.32. The zero-order chi connectivity index (χ0) is 10.7. The molecule has 1 amide bonds. The molecule has 6 heteroatoms. The Bertz CT molecular complexity index is 329. The molecule has 1 fully saturated rings. The number of carbonyl (C=O) groups excluding carboxylic acids is 1. The third-order valence-electron chi connectivity index (χ3n) is 2.35. The lowest BCUT2D eigenvalue weighted by Gasteiger charge is -2.33. The van der Waals surface area contributed by atoms with Gasteiger partial charge in [-0.3, -0.25) is 4.79 Å². The van der Waals surface area contributed by atoms with Gasteiger partial charge in [0.1, 0.15) is 5.69 Å². The molecule has 82 valence electrons. The highest BCUT2D eigenvalue weighted by atomic mass is 32.2. The molecule has 0 aliphatic carbocycles. The molecular formula is C9H12N2O2S2. The van der Waals surface area contributed by atoms with Crippen LogP contribution in [-0.4, -0.2) is 51.6 Å². The summed E-state index contributed by atoms with van der Waals surface area (Å²) < 4.78 is 0. The Morgan fingerprint density at radius 3 is 3.27 bits per heavy atom. The van der Waals surface area contributed by atoms with E-state index in [9.17, 15) is 9.90 Å². The van der Waals surface area contributed by atoms with Gasteiger partial charge in [0.2, 0.25) is 0 Å². The molecule has 2 rings (SSSR count). The van der Waals surface area contributed by atoms with Gasteiger partial charge < -0.3 is 10.0 Å². The molecule has 2 heterocycles. The van der Waals surface area contributed by atoms with Crippen LogP contribution in [0.5, 0.6) is 0 Å². The Hall–Kier alpha value is -0.590. The molecule has 1 aliphatic rings. The van der Waals surface area contributed by atoms with Gasteiger partial charge in [0.25, 0.3) is 5.91 Å². The Morgan fingerprint density at radius 1 is 1.73 bits per heavy atom. The van der Waals surface area contributed by atoms with E-state index in [4.69, 9.17) is 0 Å². The fraction of sp³-hybridized carbons (Fsp3) is 0.556. The molecule has 1 aliphatic heterocycles. The van der Waals surface area contributed by atoms with Crippen molar-refractivity contribution < 1.29 is 9.90 Å². The first kappa shape index (κ1) is 10.9. The standard InChI is InChI=1S/C9H12N2O2S2/c12-3-7-4-14-2-1-11(7)9(13)8-5-15-6-10-8/h5-7,12H,1-4H2. The summed E-state index contributed by atoms with van der Waals surface area (Å²) in [6.07, 6.45) is 0. The van der Waals surface area contributed by atoms with Crippen molar-refractivity contribution in [1.82, 2.24) is 9.88 Å². The summed E-state index contributed by atoms with van der Waals surface area (Å²) in [6, 6.07) is -0.0575. The minimum absolute atomic E-state index is 0.0306. The normalized spacial score (nSPS) is 21.7. The molecule has 0 saturated carbocycles. The summed E-state index contributed by atoms with van der Waals surface area (Å²) >= 11 is 3.19. The maximum atomic E-state index is 12.0. The fourth-order valence-corrected chi connectivity index (χ4v) is 3.11. The maximum absolute atomic E-state index is 12.0. The van der Waals surface area contributed by atoms with E-state index in [-0.39, 0.29) is 18.6 Å². The van der Waals surface area contributed by atoms with E-state index >= 15 is 0 Å². The molecular weight excluding hydrogens is 232 g/mol. The number of aromatic nitrogens is 1. The van der Waals surface area contributed by atoms with Crippen molar-refractivity contribution in [2.24, 2.45) is 0 Å². The first-order valence-electron chi connectivity index (χ1n) is 4.70. The van der Waals surface area contributed by atoms with Crippen LogP contribution in [0, 0.1) is 0 Å². The van der Waals surface area contributed by atoms with E-state index in [1.807, 2.05) is 0 Å². The van der Waals surface area contributed by atoms with Gasteiger partial charge in [-0.05, 0) is 0 Å². The lowest BCUT2D eigenvalue weighted by atomic mass is 10.2. The van der Waals surface area contributed by atoms with Crippen LogP contribution < -0.4 is 0 Å². The number of thioether (sulfide) groups is 1. The smallest absolute Gasteiger partial charge is 0.273 e. The quantitative estimate of drug-likeness (QED) is 0.832. The molecule has 0 spiro atoms. The number of hydrogen-bond donors (Lipinski definition) is 1. The average molecular weight is 244 g/mol. The molecule has 15 heavy (non-hydrogen) atoms. The van der Waals surface area contributed by atoms with Gasteiger partial charge in [0, 0.05) is 23.4 Å². The van der Waals surface area contributed by atoms with Crippen LogP contribution in [0.15, 0.2) is 10.9 Å². The number of aliphatic hydroxyl groups is 1. The minimum atomic E-state index is -0.0596. The SMILES string of the molecule is O=C(c1cscn1)N1CCSCC1CO. The van der Waals surface area contributed by atoms with Crippen LogP contribution in [0.3, 0.4) is 0 Å². The second kappa shape index (κ2) is 4.96. The van der Waals surface area contributed by atoms with Crippen LogP contribution in [0.2, 0.25) is 0 Å². The van der Waals surface area contributed by atoms with E-state index in [1.54, 1.807) is 27.6 Å². The first-order chi connectivity index (χ1) is 7.33. The highest BCUT2D eigenvalue weighted by Gasteiger charge is 2.27. The number of carbonyl (C=O) groups is 1. The van der Waals surface area contributed by atoms with Crippen LogP contribution in [0.1, 0.15) is 10.5 Å². The fourth-order valence-electron chi connectivity index (χ4n) is 1.54. The molecule has 4 nitrogen and oxygen atoms in total. The van der Waals surface area contributed by atoms with Crippen molar-refractivity contribution in [1.29, 1.82) is 0 Å².